The molecule has 0 bridgehead atoms. The van der Waals surface area contributed by atoms with E-state index in [-0.39, 0.29) is 35.0 Å². The molecule has 7 nitrogen and oxygen atoms in total. The van der Waals surface area contributed by atoms with Gasteiger partial charge in [-0.2, -0.15) is 10.4 Å². The van der Waals surface area contributed by atoms with E-state index in [4.69, 9.17) is 0 Å². The predicted octanol–water partition coefficient (Wildman–Crippen LogP) is 5.28. The average molecular weight is 497 g/mol. The number of ketones is 1. The number of aromatic hydroxyl groups is 1. The zero-order valence-electron chi connectivity index (χ0n) is 20.6. The summed E-state index contributed by atoms with van der Waals surface area (Å²) < 4.78 is 16.3. The number of halogens is 1. The highest BCUT2D eigenvalue weighted by Crippen LogP contribution is 2.27. The van der Waals surface area contributed by atoms with Gasteiger partial charge in [0, 0.05) is 23.9 Å². The maximum absolute atomic E-state index is 13.5. The van der Waals surface area contributed by atoms with E-state index >= 15 is 0 Å². The summed E-state index contributed by atoms with van der Waals surface area (Å²) >= 11 is 0. The third kappa shape index (κ3) is 5.11. The first-order valence-electron chi connectivity index (χ1n) is 11.7. The van der Waals surface area contributed by atoms with Gasteiger partial charge in [0.05, 0.1) is 16.9 Å². The van der Waals surface area contributed by atoms with Crippen molar-refractivity contribution in [1.29, 1.82) is 5.26 Å². The van der Waals surface area contributed by atoms with Crippen LogP contribution in [0.3, 0.4) is 0 Å². The van der Waals surface area contributed by atoms with Crippen molar-refractivity contribution in [3.8, 4) is 28.9 Å². The van der Waals surface area contributed by atoms with Crippen molar-refractivity contribution in [3.63, 3.8) is 0 Å². The van der Waals surface area contributed by atoms with Crippen LogP contribution in [-0.2, 0) is 6.54 Å². The quantitative estimate of drug-likeness (QED) is 0.277. The van der Waals surface area contributed by atoms with Crippen molar-refractivity contribution in [2.45, 2.75) is 27.3 Å². The summed E-state index contributed by atoms with van der Waals surface area (Å²) in [5.41, 5.74) is 1.76. The summed E-state index contributed by atoms with van der Waals surface area (Å²) in [7, 11) is 0. The Bertz CT molecular complexity index is 1590. The molecule has 2 heterocycles. The largest absolute Gasteiger partial charge is 0.494 e. The lowest BCUT2D eigenvalue weighted by atomic mass is 10.00. The molecule has 0 aliphatic heterocycles. The minimum Gasteiger partial charge on any atom is -0.494 e. The van der Waals surface area contributed by atoms with E-state index in [0.717, 1.165) is 10.3 Å². The molecule has 0 aliphatic carbocycles. The number of benzene rings is 2. The first-order chi connectivity index (χ1) is 17.7. The Morgan fingerprint density at radius 3 is 2.46 bits per heavy atom. The fraction of sp³-hybridized carbons (Fsp3) is 0.172. The third-order valence-electron chi connectivity index (χ3n) is 5.89. The van der Waals surface area contributed by atoms with E-state index in [2.05, 4.69) is 5.10 Å². The molecule has 0 saturated carbocycles. The number of hydrogen-bond acceptors (Lipinski definition) is 5. The van der Waals surface area contributed by atoms with Gasteiger partial charge in [0.25, 0.3) is 5.56 Å². The molecule has 0 radical (unpaired) electrons. The summed E-state index contributed by atoms with van der Waals surface area (Å²) in [6.45, 7) is 5.35. The molecule has 0 unspecified atom stereocenters. The standard InChI is InChI=1S/C29H25FN4O3/c1-18(2)16-33-28(36)24(15-31)19(3)26(29(33)37)25(35)14-11-21-17-34(23-7-5-4-6-8-23)32-27(21)20-9-12-22(30)13-10-20/h4-14,17-18,37H,16H2,1-3H3/b14-11+. The van der Waals surface area contributed by atoms with Gasteiger partial charge < -0.3 is 5.11 Å². The van der Waals surface area contributed by atoms with Crippen LogP contribution in [0.5, 0.6) is 5.88 Å². The first-order valence-corrected chi connectivity index (χ1v) is 11.7. The van der Waals surface area contributed by atoms with Gasteiger partial charge in [-0.05, 0) is 67.0 Å². The van der Waals surface area contributed by atoms with E-state index in [9.17, 15) is 24.3 Å². The van der Waals surface area contributed by atoms with E-state index < -0.39 is 17.2 Å². The Labute approximate surface area is 213 Å². The number of allylic oxidation sites excluding steroid dienone is 1. The molecule has 0 spiro atoms. The monoisotopic (exact) mass is 496 g/mol. The molecule has 37 heavy (non-hydrogen) atoms. The SMILES string of the molecule is Cc1c(C(=O)/C=C/c2cn(-c3ccccc3)nc2-c2ccc(F)cc2)c(O)n(CC(C)C)c(=O)c1C#N. The van der Waals surface area contributed by atoms with Crippen LogP contribution in [0.2, 0.25) is 0 Å². The lowest BCUT2D eigenvalue weighted by Crippen LogP contribution is -2.28. The zero-order valence-corrected chi connectivity index (χ0v) is 20.6. The number of pyridine rings is 1. The molecule has 0 aliphatic rings. The van der Waals surface area contributed by atoms with Crippen molar-refractivity contribution in [1.82, 2.24) is 14.3 Å². The van der Waals surface area contributed by atoms with Gasteiger partial charge in [-0.15, -0.1) is 0 Å². The van der Waals surface area contributed by atoms with Gasteiger partial charge in [0.15, 0.2) is 5.78 Å². The van der Waals surface area contributed by atoms with Crippen molar-refractivity contribution in [3.05, 3.63) is 105 Å². The number of hydrogen-bond donors (Lipinski definition) is 1. The Morgan fingerprint density at radius 1 is 1.16 bits per heavy atom. The third-order valence-corrected chi connectivity index (χ3v) is 5.89. The summed E-state index contributed by atoms with van der Waals surface area (Å²) in [5, 5.41) is 25.0. The van der Waals surface area contributed by atoms with Crippen LogP contribution < -0.4 is 5.56 Å². The van der Waals surface area contributed by atoms with Crippen LogP contribution >= 0.6 is 0 Å². The van der Waals surface area contributed by atoms with E-state index in [1.54, 1.807) is 29.1 Å². The molecular weight excluding hydrogens is 471 g/mol. The van der Waals surface area contributed by atoms with Crippen molar-refractivity contribution < 1.29 is 14.3 Å². The normalized spacial score (nSPS) is 11.2. The number of para-hydroxylation sites is 1. The molecule has 4 aromatic rings. The van der Waals surface area contributed by atoms with E-state index in [1.165, 1.54) is 25.1 Å². The highest BCUT2D eigenvalue weighted by atomic mass is 19.1. The molecule has 0 fully saturated rings. The van der Waals surface area contributed by atoms with Crippen molar-refractivity contribution in [2.75, 3.05) is 0 Å². The van der Waals surface area contributed by atoms with Crippen molar-refractivity contribution in [2.24, 2.45) is 5.92 Å². The second-order valence-electron chi connectivity index (χ2n) is 9.04. The summed E-state index contributed by atoms with van der Waals surface area (Å²) in [4.78, 5) is 26.0. The van der Waals surface area contributed by atoms with Gasteiger partial charge in [0.1, 0.15) is 17.4 Å². The molecular formula is C29H25FN4O3. The van der Waals surface area contributed by atoms with Crippen LogP contribution in [0, 0.1) is 30.0 Å². The molecule has 0 amide bonds. The Hall–Kier alpha value is -4.77. The Balaban J connectivity index is 1.81. The Morgan fingerprint density at radius 2 is 1.84 bits per heavy atom. The van der Waals surface area contributed by atoms with Crippen LogP contribution in [-0.4, -0.2) is 25.2 Å². The minimum absolute atomic E-state index is 0.00145. The van der Waals surface area contributed by atoms with Crippen LogP contribution in [0.4, 0.5) is 4.39 Å². The van der Waals surface area contributed by atoms with E-state index in [1.807, 2.05) is 50.2 Å². The number of nitriles is 1. The molecule has 0 saturated heterocycles. The zero-order chi connectivity index (χ0) is 26.7. The number of carbonyl (C=O) groups excluding carboxylic acids is 1. The average Bonchev–Trinajstić information content (AvgIpc) is 3.31. The van der Waals surface area contributed by atoms with Crippen molar-refractivity contribution >= 4 is 11.9 Å². The lowest BCUT2D eigenvalue weighted by molar-refractivity contribution is 0.104. The molecule has 2 aromatic heterocycles. The topological polar surface area (TPSA) is 101 Å². The van der Waals surface area contributed by atoms with Gasteiger partial charge in [-0.3, -0.25) is 14.2 Å². The van der Waals surface area contributed by atoms with Crippen LogP contribution in [0.15, 0.2) is 71.7 Å². The maximum atomic E-state index is 13.5. The van der Waals surface area contributed by atoms with Crippen LogP contribution in [0.1, 0.15) is 40.9 Å². The van der Waals surface area contributed by atoms with Gasteiger partial charge >= 0.3 is 0 Å². The van der Waals surface area contributed by atoms with E-state index in [0.29, 0.717) is 16.8 Å². The fourth-order valence-electron chi connectivity index (χ4n) is 4.08. The molecule has 8 heteroatoms. The number of carbonyl (C=O) groups is 1. The van der Waals surface area contributed by atoms with Gasteiger partial charge in [0.2, 0.25) is 5.88 Å². The summed E-state index contributed by atoms with van der Waals surface area (Å²) in [6, 6.07) is 17.1. The number of aromatic nitrogens is 3. The second kappa shape index (κ2) is 10.5. The molecule has 0 atom stereocenters. The molecule has 2 aromatic carbocycles. The smallest absolute Gasteiger partial charge is 0.271 e. The minimum atomic E-state index is -0.630. The predicted molar refractivity (Wildman–Crippen MR) is 139 cm³/mol. The number of rotatable bonds is 7. The summed E-state index contributed by atoms with van der Waals surface area (Å²) in [6.07, 6.45) is 4.56. The Kier molecular flexibility index (Phi) is 7.16. The molecule has 4 rings (SSSR count). The molecule has 186 valence electrons. The fourth-order valence-corrected chi connectivity index (χ4v) is 4.08. The van der Waals surface area contributed by atoms with Crippen LogP contribution in [0.25, 0.3) is 23.0 Å². The maximum Gasteiger partial charge on any atom is 0.271 e. The number of nitrogens with zero attached hydrogens (tertiary/aromatic N) is 4. The highest BCUT2D eigenvalue weighted by Gasteiger charge is 2.23. The lowest BCUT2D eigenvalue weighted by Gasteiger charge is -2.16. The highest BCUT2D eigenvalue weighted by molar-refractivity contribution is 6.09. The first kappa shape index (κ1) is 25.3. The summed E-state index contributed by atoms with van der Waals surface area (Å²) in [5.74, 6) is -1.42. The second-order valence-corrected chi connectivity index (χ2v) is 9.04. The molecule has 1 N–H and O–H groups in total. The van der Waals surface area contributed by atoms with Gasteiger partial charge in [-0.1, -0.05) is 32.0 Å². The van der Waals surface area contributed by atoms with Gasteiger partial charge in [-0.25, -0.2) is 9.07 Å².